The number of carbonyl (C=O) groups is 1. The predicted molar refractivity (Wildman–Crippen MR) is 81.0 cm³/mol. The van der Waals surface area contributed by atoms with Gasteiger partial charge in [-0.2, -0.15) is 0 Å². The van der Waals surface area contributed by atoms with E-state index in [2.05, 4.69) is 0 Å². The van der Waals surface area contributed by atoms with E-state index in [0.29, 0.717) is 6.61 Å². The van der Waals surface area contributed by atoms with Crippen LogP contribution in [0, 0.1) is 0 Å². The second kappa shape index (κ2) is 6.73. The van der Waals surface area contributed by atoms with Crippen molar-refractivity contribution in [1.29, 1.82) is 0 Å². The van der Waals surface area contributed by atoms with Gasteiger partial charge in [0, 0.05) is 5.56 Å². The molecular formula is C18H18O4. The highest BCUT2D eigenvalue weighted by Crippen LogP contribution is 2.40. The normalized spacial score (nSPS) is 24.1. The highest BCUT2D eigenvalue weighted by molar-refractivity contribution is 5.76. The summed E-state index contributed by atoms with van der Waals surface area (Å²) in [6, 6.07) is 19.2. The van der Waals surface area contributed by atoms with E-state index >= 15 is 0 Å². The first-order chi connectivity index (χ1) is 10.8. The summed E-state index contributed by atoms with van der Waals surface area (Å²) in [5.74, 6) is -0.394. The maximum Gasteiger partial charge on any atom is 0.338 e. The highest BCUT2D eigenvalue weighted by Gasteiger charge is 2.43. The molecule has 0 N–H and O–H groups in total. The molecule has 114 valence electrons. The zero-order valence-electron chi connectivity index (χ0n) is 12.3. The van der Waals surface area contributed by atoms with E-state index in [4.69, 9.17) is 14.2 Å². The zero-order valence-corrected chi connectivity index (χ0v) is 12.3. The maximum absolute atomic E-state index is 12.2. The van der Waals surface area contributed by atoms with E-state index in [9.17, 15) is 4.79 Å². The molecule has 1 saturated heterocycles. The molecule has 0 aromatic heterocycles. The summed E-state index contributed by atoms with van der Waals surface area (Å²) >= 11 is 0. The Bertz CT molecular complexity index is 611. The number of rotatable bonds is 4. The third-order valence-corrected chi connectivity index (χ3v) is 3.53. The molecule has 0 saturated carbocycles. The second-order valence-corrected chi connectivity index (χ2v) is 5.02. The van der Waals surface area contributed by atoms with Crippen LogP contribution < -0.4 is 0 Å². The first kappa shape index (κ1) is 14.8. The van der Waals surface area contributed by atoms with Gasteiger partial charge in [0.1, 0.15) is 6.10 Å². The van der Waals surface area contributed by atoms with E-state index in [1.54, 1.807) is 6.92 Å². The summed E-state index contributed by atoms with van der Waals surface area (Å²) in [5, 5.41) is 0. The summed E-state index contributed by atoms with van der Waals surface area (Å²) in [6.45, 7) is 2.09. The van der Waals surface area contributed by atoms with Gasteiger partial charge in [0.05, 0.1) is 6.61 Å². The average Bonchev–Trinajstić information content (AvgIpc) is 3.02. The Hall–Kier alpha value is -2.17. The van der Waals surface area contributed by atoms with Crippen LogP contribution in [0.2, 0.25) is 0 Å². The molecule has 1 aliphatic rings. The first-order valence-electron chi connectivity index (χ1n) is 7.37. The fourth-order valence-electron chi connectivity index (χ4n) is 2.51. The largest absolute Gasteiger partial charge is 0.464 e. The lowest BCUT2D eigenvalue weighted by molar-refractivity contribution is -0.157. The van der Waals surface area contributed by atoms with Crippen LogP contribution >= 0.6 is 0 Å². The van der Waals surface area contributed by atoms with Gasteiger partial charge in [-0.15, -0.1) is 0 Å². The molecule has 3 rings (SSSR count). The van der Waals surface area contributed by atoms with Gasteiger partial charge in [0.2, 0.25) is 0 Å². The van der Waals surface area contributed by atoms with Crippen LogP contribution in [-0.2, 0) is 19.0 Å². The van der Waals surface area contributed by atoms with E-state index in [-0.39, 0.29) is 0 Å². The molecule has 2 aromatic carbocycles. The summed E-state index contributed by atoms with van der Waals surface area (Å²) in [5.41, 5.74) is 1.79. The van der Waals surface area contributed by atoms with Crippen molar-refractivity contribution in [3.63, 3.8) is 0 Å². The van der Waals surface area contributed by atoms with Crippen molar-refractivity contribution >= 4 is 5.97 Å². The molecule has 0 radical (unpaired) electrons. The molecule has 0 aliphatic carbocycles. The highest BCUT2D eigenvalue weighted by atomic mass is 16.7. The number of hydrogen-bond acceptors (Lipinski definition) is 4. The van der Waals surface area contributed by atoms with Crippen molar-refractivity contribution in [1.82, 2.24) is 0 Å². The van der Waals surface area contributed by atoms with Crippen molar-refractivity contribution in [2.24, 2.45) is 0 Å². The molecule has 4 nitrogen and oxygen atoms in total. The van der Waals surface area contributed by atoms with Gasteiger partial charge in [0.15, 0.2) is 12.4 Å². The molecular weight excluding hydrogens is 280 g/mol. The van der Waals surface area contributed by atoms with Gasteiger partial charge in [-0.1, -0.05) is 60.7 Å². The third kappa shape index (κ3) is 3.03. The minimum atomic E-state index is -0.757. The Morgan fingerprint density at radius 2 is 1.55 bits per heavy atom. The van der Waals surface area contributed by atoms with E-state index < -0.39 is 24.5 Å². The minimum Gasteiger partial charge on any atom is -0.464 e. The lowest BCUT2D eigenvalue weighted by atomic mass is 10.0. The van der Waals surface area contributed by atoms with Crippen molar-refractivity contribution < 1.29 is 19.0 Å². The Morgan fingerprint density at radius 3 is 2.14 bits per heavy atom. The molecule has 0 bridgehead atoms. The van der Waals surface area contributed by atoms with Crippen LogP contribution in [0.5, 0.6) is 0 Å². The minimum absolute atomic E-state index is 0.316. The fourth-order valence-corrected chi connectivity index (χ4v) is 2.51. The number of carbonyl (C=O) groups excluding carboxylic acids is 1. The van der Waals surface area contributed by atoms with E-state index in [1.807, 2.05) is 60.7 Å². The fraction of sp³-hybridized carbons (Fsp3) is 0.278. The van der Waals surface area contributed by atoms with Gasteiger partial charge >= 0.3 is 5.97 Å². The summed E-state index contributed by atoms with van der Waals surface area (Å²) < 4.78 is 16.9. The second-order valence-electron chi connectivity index (χ2n) is 5.02. The smallest absolute Gasteiger partial charge is 0.338 e. The van der Waals surface area contributed by atoms with E-state index in [1.165, 1.54) is 0 Å². The SMILES string of the molecule is CCOC(=O)[C@H]1O[C@H](c2ccccc2)O[C@H]1c1ccccc1. The van der Waals surface area contributed by atoms with E-state index in [0.717, 1.165) is 11.1 Å². The monoisotopic (exact) mass is 298 g/mol. The summed E-state index contributed by atoms with van der Waals surface area (Å²) in [7, 11) is 0. The maximum atomic E-state index is 12.2. The number of ether oxygens (including phenoxy) is 3. The van der Waals surface area contributed by atoms with Crippen LogP contribution in [0.4, 0.5) is 0 Å². The van der Waals surface area contributed by atoms with Crippen molar-refractivity contribution in [2.75, 3.05) is 6.61 Å². The topological polar surface area (TPSA) is 44.8 Å². The Morgan fingerprint density at radius 1 is 0.955 bits per heavy atom. The lowest BCUT2D eigenvalue weighted by Gasteiger charge is -2.15. The van der Waals surface area contributed by atoms with Gasteiger partial charge in [0.25, 0.3) is 0 Å². The van der Waals surface area contributed by atoms with Crippen molar-refractivity contribution in [3.05, 3.63) is 71.8 Å². The molecule has 1 heterocycles. The Kier molecular flexibility index (Phi) is 4.51. The number of esters is 1. The molecule has 22 heavy (non-hydrogen) atoms. The van der Waals surface area contributed by atoms with Crippen LogP contribution in [0.3, 0.4) is 0 Å². The lowest BCUT2D eigenvalue weighted by Crippen LogP contribution is -2.28. The average molecular weight is 298 g/mol. The van der Waals surface area contributed by atoms with Crippen molar-refractivity contribution in [2.45, 2.75) is 25.4 Å². The standard InChI is InChI=1S/C18H18O4/c1-2-20-17(19)16-15(13-9-5-3-6-10-13)21-18(22-16)14-11-7-4-8-12-14/h3-12,15-16,18H,2H2,1H3/t15-,16-,18+/m0/s1. The van der Waals surface area contributed by atoms with Gasteiger partial charge < -0.3 is 14.2 Å². The molecule has 0 unspecified atom stereocenters. The molecule has 2 aromatic rings. The molecule has 0 spiro atoms. The Labute approximate surface area is 129 Å². The van der Waals surface area contributed by atoms with Crippen LogP contribution in [0.15, 0.2) is 60.7 Å². The van der Waals surface area contributed by atoms with Gasteiger partial charge in [-0.3, -0.25) is 0 Å². The molecule has 4 heteroatoms. The molecule has 1 aliphatic heterocycles. The van der Waals surface area contributed by atoms with Crippen LogP contribution in [0.1, 0.15) is 30.4 Å². The number of hydrogen-bond donors (Lipinski definition) is 0. The van der Waals surface area contributed by atoms with Crippen LogP contribution in [0.25, 0.3) is 0 Å². The molecule has 3 atom stereocenters. The van der Waals surface area contributed by atoms with Crippen LogP contribution in [-0.4, -0.2) is 18.7 Å². The number of benzene rings is 2. The Balaban J connectivity index is 1.87. The predicted octanol–water partition coefficient (Wildman–Crippen LogP) is 3.41. The molecule has 0 amide bonds. The first-order valence-corrected chi connectivity index (χ1v) is 7.37. The van der Waals surface area contributed by atoms with Gasteiger partial charge in [-0.05, 0) is 12.5 Å². The van der Waals surface area contributed by atoms with Crippen molar-refractivity contribution in [3.8, 4) is 0 Å². The molecule has 1 fully saturated rings. The summed E-state index contributed by atoms with van der Waals surface area (Å²) in [4.78, 5) is 12.2. The zero-order chi connectivity index (χ0) is 15.4. The summed E-state index contributed by atoms with van der Waals surface area (Å²) in [6.07, 6.45) is -1.79. The quantitative estimate of drug-likeness (QED) is 0.811. The third-order valence-electron chi connectivity index (χ3n) is 3.53. The van der Waals surface area contributed by atoms with Gasteiger partial charge in [-0.25, -0.2) is 4.79 Å².